The molecule has 2 amide bonds. The molecule has 1 unspecified atom stereocenters. The van der Waals surface area contributed by atoms with Gasteiger partial charge in [0.05, 0.1) is 18.7 Å². The summed E-state index contributed by atoms with van der Waals surface area (Å²) in [6, 6.07) is 24.3. The van der Waals surface area contributed by atoms with E-state index >= 15 is 0 Å². The van der Waals surface area contributed by atoms with Gasteiger partial charge in [0.1, 0.15) is 11.6 Å². The Kier molecular flexibility index (Phi) is 6.52. The van der Waals surface area contributed by atoms with Gasteiger partial charge in [0.15, 0.2) is 5.69 Å². The minimum absolute atomic E-state index is 0.0924. The monoisotopic (exact) mass is 550 g/mol. The average Bonchev–Trinajstić information content (AvgIpc) is 3.43. The van der Waals surface area contributed by atoms with Crippen molar-refractivity contribution in [3.05, 3.63) is 129 Å². The van der Waals surface area contributed by atoms with Crippen LogP contribution in [0.4, 0.5) is 5.69 Å². The van der Waals surface area contributed by atoms with Crippen LogP contribution in [0.15, 0.2) is 85.1 Å². The van der Waals surface area contributed by atoms with E-state index in [1.807, 2.05) is 83.8 Å². The van der Waals surface area contributed by atoms with E-state index in [1.54, 1.807) is 31.5 Å². The molecule has 0 fully saturated rings. The predicted octanol–water partition coefficient (Wildman–Crippen LogP) is 6.61. The molecule has 1 aliphatic rings. The van der Waals surface area contributed by atoms with Crippen LogP contribution in [-0.2, 0) is 6.54 Å². The Hall–Kier alpha value is -4.62. The quantitative estimate of drug-likeness (QED) is 0.258. The molecule has 40 heavy (non-hydrogen) atoms. The number of imidazole rings is 1. The van der Waals surface area contributed by atoms with Crippen LogP contribution in [0.1, 0.15) is 55.0 Å². The summed E-state index contributed by atoms with van der Waals surface area (Å²) in [5.41, 5.74) is 5.81. The van der Waals surface area contributed by atoms with E-state index in [2.05, 4.69) is 10.3 Å². The minimum atomic E-state index is -0.391. The Labute approximate surface area is 237 Å². The fourth-order valence-corrected chi connectivity index (χ4v) is 5.61. The summed E-state index contributed by atoms with van der Waals surface area (Å²) >= 11 is 6.24. The molecule has 5 aromatic rings. The highest BCUT2D eigenvalue weighted by atomic mass is 35.5. The standard InChI is InChI=1S/C32H27ClN4O3/c1-19-7-4-5-8-24(19)30-28-25(32(39)37(30)18-21-11-13-23(40-3)14-12-21)9-6-10-26(28)35-31(38)29-27-17-22(33)15-16-36(27)20(2)34-29/h4-17,30H,18H2,1-3H3,(H,35,38). The highest BCUT2D eigenvalue weighted by molar-refractivity contribution is 6.31. The molecule has 6 rings (SSSR count). The molecule has 0 saturated heterocycles. The molecule has 0 bridgehead atoms. The van der Waals surface area contributed by atoms with Gasteiger partial charge in [0.25, 0.3) is 11.8 Å². The maximum atomic E-state index is 13.9. The molecule has 7 nitrogen and oxygen atoms in total. The van der Waals surface area contributed by atoms with Gasteiger partial charge in [-0.05, 0) is 66.9 Å². The van der Waals surface area contributed by atoms with E-state index < -0.39 is 6.04 Å². The number of carbonyl (C=O) groups excluding carboxylic acids is 2. The van der Waals surface area contributed by atoms with Gasteiger partial charge in [-0.2, -0.15) is 0 Å². The van der Waals surface area contributed by atoms with Crippen LogP contribution < -0.4 is 10.1 Å². The number of nitrogens with one attached hydrogen (secondary N) is 1. The van der Waals surface area contributed by atoms with Crippen molar-refractivity contribution in [2.45, 2.75) is 26.4 Å². The number of hydrogen-bond donors (Lipinski definition) is 1. The Bertz CT molecular complexity index is 1780. The van der Waals surface area contributed by atoms with Crippen molar-refractivity contribution in [3.8, 4) is 5.75 Å². The van der Waals surface area contributed by atoms with Crippen LogP contribution in [0.3, 0.4) is 0 Å². The van der Waals surface area contributed by atoms with Crippen LogP contribution in [-0.4, -0.2) is 33.2 Å². The molecule has 2 aromatic heterocycles. The van der Waals surface area contributed by atoms with Gasteiger partial charge >= 0.3 is 0 Å². The first-order valence-corrected chi connectivity index (χ1v) is 13.3. The van der Waals surface area contributed by atoms with Gasteiger partial charge in [-0.1, -0.05) is 54.1 Å². The van der Waals surface area contributed by atoms with E-state index in [1.165, 1.54) is 0 Å². The van der Waals surface area contributed by atoms with E-state index in [4.69, 9.17) is 16.3 Å². The van der Waals surface area contributed by atoms with Gasteiger partial charge in [0.2, 0.25) is 0 Å². The molecular formula is C32H27ClN4O3. The molecule has 0 aliphatic carbocycles. The maximum absolute atomic E-state index is 13.9. The zero-order chi connectivity index (χ0) is 28.0. The lowest BCUT2D eigenvalue weighted by molar-refractivity contribution is 0.0735. The van der Waals surface area contributed by atoms with Gasteiger partial charge in [-0.15, -0.1) is 0 Å². The molecule has 0 spiro atoms. The van der Waals surface area contributed by atoms with Crippen LogP contribution >= 0.6 is 11.6 Å². The third-order valence-corrected chi connectivity index (χ3v) is 7.66. The number of aryl methyl sites for hydroxylation is 2. The molecule has 8 heteroatoms. The maximum Gasteiger partial charge on any atom is 0.276 e. The first kappa shape index (κ1) is 25.6. The summed E-state index contributed by atoms with van der Waals surface area (Å²) in [5, 5.41) is 3.58. The van der Waals surface area contributed by atoms with Gasteiger partial charge in [-0.3, -0.25) is 9.59 Å². The summed E-state index contributed by atoms with van der Waals surface area (Å²) in [5.74, 6) is 0.966. The van der Waals surface area contributed by atoms with Crippen LogP contribution in [0, 0.1) is 13.8 Å². The van der Waals surface area contributed by atoms with E-state index in [-0.39, 0.29) is 17.5 Å². The Morgan fingerprint density at radius 2 is 1.80 bits per heavy atom. The molecule has 1 N–H and O–H groups in total. The zero-order valence-corrected chi connectivity index (χ0v) is 23.1. The number of benzene rings is 3. The molecule has 1 aliphatic heterocycles. The van der Waals surface area contributed by atoms with Crippen LogP contribution in [0.25, 0.3) is 5.52 Å². The lowest BCUT2D eigenvalue weighted by atomic mass is 9.93. The van der Waals surface area contributed by atoms with E-state index in [0.29, 0.717) is 34.2 Å². The first-order valence-electron chi connectivity index (χ1n) is 12.9. The van der Waals surface area contributed by atoms with Crippen molar-refractivity contribution in [1.29, 1.82) is 0 Å². The molecule has 200 valence electrons. The number of hydrogen-bond acceptors (Lipinski definition) is 4. The van der Waals surface area contributed by atoms with Crippen molar-refractivity contribution in [2.24, 2.45) is 0 Å². The number of methoxy groups -OCH3 is 1. The van der Waals surface area contributed by atoms with Gasteiger partial charge in [-0.25, -0.2) is 4.98 Å². The minimum Gasteiger partial charge on any atom is -0.497 e. The molecule has 0 saturated carbocycles. The molecule has 3 aromatic carbocycles. The number of anilines is 1. The highest BCUT2D eigenvalue weighted by Crippen LogP contribution is 2.44. The second kappa shape index (κ2) is 10.2. The average molecular weight is 551 g/mol. The van der Waals surface area contributed by atoms with Crippen molar-refractivity contribution >= 4 is 34.6 Å². The van der Waals surface area contributed by atoms with Crippen LogP contribution in [0.5, 0.6) is 5.75 Å². The van der Waals surface area contributed by atoms with Gasteiger partial charge < -0.3 is 19.4 Å². The second-order valence-electron chi connectivity index (χ2n) is 9.87. The number of fused-ring (bicyclic) bond motifs is 2. The number of nitrogens with zero attached hydrogens (tertiary/aromatic N) is 3. The number of rotatable bonds is 6. The predicted molar refractivity (Wildman–Crippen MR) is 155 cm³/mol. The number of pyridine rings is 1. The first-order chi connectivity index (χ1) is 19.4. The fourth-order valence-electron chi connectivity index (χ4n) is 5.45. The number of aromatic nitrogens is 2. The van der Waals surface area contributed by atoms with Crippen molar-refractivity contribution in [1.82, 2.24) is 14.3 Å². The second-order valence-corrected chi connectivity index (χ2v) is 10.3. The highest BCUT2D eigenvalue weighted by Gasteiger charge is 2.40. The SMILES string of the molecule is COc1ccc(CN2C(=O)c3cccc(NC(=O)c4nc(C)n5ccc(Cl)cc45)c3C2c2ccccc2C)cc1. The van der Waals surface area contributed by atoms with Crippen LogP contribution in [0.2, 0.25) is 5.02 Å². The number of carbonyl (C=O) groups is 2. The number of amides is 2. The lowest BCUT2D eigenvalue weighted by Crippen LogP contribution is -2.29. The summed E-state index contributed by atoms with van der Waals surface area (Å²) in [4.78, 5) is 33.9. The van der Waals surface area contributed by atoms with E-state index in [9.17, 15) is 9.59 Å². The molecule has 0 radical (unpaired) electrons. The summed E-state index contributed by atoms with van der Waals surface area (Å²) in [6.45, 7) is 4.27. The smallest absolute Gasteiger partial charge is 0.276 e. The molecule has 3 heterocycles. The molecule has 1 atom stereocenters. The Balaban J connectivity index is 1.43. The van der Waals surface area contributed by atoms with Gasteiger partial charge in [0, 0.05) is 34.6 Å². The van der Waals surface area contributed by atoms with Crippen molar-refractivity contribution < 1.29 is 14.3 Å². The third kappa shape index (κ3) is 4.38. The third-order valence-electron chi connectivity index (χ3n) is 7.42. The zero-order valence-electron chi connectivity index (χ0n) is 22.3. The van der Waals surface area contributed by atoms with Crippen molar-refractivity contribution in [3.63, 3.8) is 0 Å². The summed E-state index contributed by atoms with van der Waals surface area (Å²) in [6.07, 6.45) is 1.79. The normalized spacial score (nSPS) is 14.4. The molecular weight excluding hydrogens is 524 g/mol. The fraction of sp³-hybridized carbons (Fsp3) is 0.156. The number of halogens is 1. The Morgan fingerprint density at radius 1 is 1.02 bits per heavy atom. The van der Waals surface area contributed by atoms with Crippen molar-refractivity contribution in [2.75, 3.05) is 12.4 Å². The lowest BCUT2D eigenvalue weighted by Gasteiger charge is -2.28. The summed E-state index contributed by atoms with van der Waals surface area (Å²) < 4.78 is 7.13. The largest absolute Gasteiger partial charge is 0.497 e. The number of ether oxygens (including phenoxy) is 1. The summed E-state index contributed by atoms with van der Waals surface area (Å²) in [7, 11) is 1.63. The topological polar surface area (TPSA) is 75.9 Å². The Morgan fingerprint density at radius 3 is 2.55 bits per heavy atom. The van der Waals surface area contributed by atoms with E-state index in [0.717, 1.165) is 28.0 Å².